The smallest absolute Gasteiger partial charge is 0.337 e. The Labute approximate surface area is 146 Å². The van der Waals surface area contributed by atoms with E-state index in [0.29, 0.717) is 22.9 Å². The minimum absolute atomic E-state index is 0.0629. The molecule has 1 saturated heterocycles. The third-order valence-electron chi connectivity index (χ3n) is 4.03. The molecule has 0 atom stereocenters. The number of aryl methyl sites for hydroxylation is 1. The van der Waals surface area contributed by atoms with Crippen LogP contribution in [-0.4, -0.2) is 46.9 Å². The maximum atomic E-state index is 12.5. The summed E-state index contributed by atoms with van der Waals surface area (Å²) in [5.41, 5.74) is 2.29. The standard InChI is InChI=1S/C18H20N4O3/c1-12-11-15(16(23)22-9-3-4-10-22)21-18(19-12)20-14-7-5-13(6-8-14)17(24)25-2/h5-8,11H,3-4,9-10H2,1-2H3,(H,19,20,21). The van der Waals surface area contributed by atoms with Gasteiger partial charge in [0.2, 0.25) is 5.95 Å². The zero-order valence-electron chi connectivity index (χ0n) is 14.3. The molecule has 1 aromatic carbocycles. The minimum atomic E-state index is -0.392. The van der Waals surface area contributed by atoms with Crippen molar-refractivity contribution in [2.75, 3.05) is 25.5 Å². The Kier molecular flexibility index (Phi) is 4.92. The second-order valence-corrected chi connectivity index (χ2v) is 5.91. The van der Waals surface area contributed by atoms with Crippen molar-refractivity contribution in [1.82, 2.24) is 14.9 Å². The lowest BCUT2D eigenvalue weighted by Gasteiger charge is -2.15. The zero-order valence-corrected chi connectivity index (χ0v) is 14.3. The van der Waals surface area contributed by atoms with E-state index in [1.54, 1.807) is 30.3 Å². The molecule has 7 nitrogen and oxygen atoms in total. The molecule has 2 heterocycles. The van der Waals surface area contributed by atoms with Crippen LogP contribution in [0.4, 0.5) is 11.6 Å². The van der Waals surface area contributed by atoms with E-state index in [2.05, 4.69) is 20.0 Å². The van der Waals surface area contributed by atoms with Gasteiger partial charge in [0.15, 0.2) is 0 Å². The monoisotopic (exact) mass is 340 g/mol. The summed E-state index contributed by atoms with van der Waals surface area (Å²) in [6, 6.07) is 8.48. The van der Waals surface area contributed by atoms with Crippen molar-refractivity contribution < 1.29 is 14.3 Å². The number of hydrogen-bond donors (Lipinski definition) is 1. The Balaban J connectivity index is 1.78. The third kappa shape index (κ3) is 3.93. The molecule has 1 fully saturated rings. The number of hydrogen-bond acceptors (Lipinski definition) is 6. The highest BCUT2D eigenvalue weighted by molar-refractivity contribution is 5.93. The van der Waals surface area contributed by atoms with Crippen molar-refractivity contribution in [3.05, 3.63) is 47.3 Å². The molecule has 0 unspecified atom stereocenters. The normalized spacial score (nSPS) is 13.6. The van der Waals surface area contributed by atoms with Gasteiger partial charge in [-0.3, -0.25) is 4.79 Å². The van der Waals surface area contributed by atoms with Crippen LogP contribution in [0.2, 0.25) is 0 Å². The molecule has 1 N–H and O–H groups in total. The van der Waals surface area contributed by atoms with Crippen molar-refractivity contribution >= 4 is 23.5 Å². The van der Waals surface area contributed by atoms with Crippen molar-refractivity contribution in [1.29, 1.82) is 0 Å². The molecule has 0 radical (unpaired) electrons. The molecule has 2 aromatic rings. The summed E-state index contributed by atoms with van der Waals surface area (Å²) in [5, 5.41) is 3.07. The number of nitrogens with one attached hydrogen (secondary N) is 1. The molecule has 1 aromatic heterocycles. The topological polar surface area (TPSA) is 84.4 Å². The molecule has 0 spiro atoms. The highest BCUT2D eigenvalue weighted by atomic mass is 16.5. The van der Waals surface area contributed by atoms with Gasteiger partial charge in [0.25, 0.3) is 5.91 Å². The number of carbonyl (C=O) groups is 2. The number of anilines is 2. The fourth-order valence-corrected chi connectivity index (χ4v) is 2.75. The fourth-order valence-electron chi connectivity index (χ4n) is 2.75. The van der Waals surface area contributed by atoms with Gasteiger partial charge in [-0.15, -0.1) is 0 Å². The van der Waals surface area contributed by atoms with Crippen LogP contribution in [0.1, 0.15) is 39.4 Å². The quantitative estimate of drug-likeness (QED) is 0.861. The van der Waals surface area contributed by atoms with Gasteiger partial charge in [0.1, 0.15) is 5.69 Å². The average Bonchev–Trinajstić information content (AvgIpc) is 3.15. The van der Waals surface area contributed by atoms with E-state index in [-0.39, 0.29) is 5.91 Å². The Bertz CT molecular complexity index is 783. The highest BCUT2D eigenvalue weighted by Gasteiger charge is 2.21. The van der Waals surface area contributed by atoms with E-state index in [4.69, 9.17) is 0 Å². The Morgan fingerprint density at radius 3 is 2.44 bits per heavy atom. The van der Waals surface area contributed by atoms with Crippen LogP contribution in [0.15, 0.2) is 30.3 Å². The molecule has 1 amide bonds. The van der Waals surface area contributed by atoms with Gasteiger partial charge in [0.05, 0.1) is 12.7 Å². The number of rotatable bonds is 4. The van der Waals surface area contributed by atoms with Crippen molar-refractivity contribution in [2.45, 2.75) is 19.8 Å². The third-order valence-corrected chi connectivity index (χ3v) is 4.03. The second kappa shape index (κ2) is 7.29. The maximum absolute atomic E-state index is 12.5. The molecule has 0 bridgehead atoms. The summed E-state index contributed by atoms with van der Waals surface area (Å²) in [5.74, 6) is -0.0997. The number of nitrogens with zero attached hydrogens (tertiary/aromatic N) is 3. The van der Waals surface area contributed by atoms with E-state index in [1.165, 1.54) is 7.11 Å². The molecule has 0 aliphatic carbocycles. The van der Waals surface area contributed by atoms with Crippen LogP contribution in [0, 0.1) is 6.92 Å². The van der Waals surface area contributed by atoms with Crippen LogP contribution in [0.25, 0.3) is 0 Å². The summed E-state index contributed by atoms with van der Waals surface area (Å²) < 4.78 is 4.67. The van der Waals surface area contributed by atoms with Crippen LogP contribution in [0.3, 0.4) is 0 Å². The van der Waals surface area contributed by atoms with Crippen molar-refractivity contribution in [3.8, 4) is 0 Å². The molecule has 3 rings (SSSR count). The van der Waals surface area contributed by atoms with Crippen molar-refractivity contribution in [3.63, 3.8) is 0 Å². The van der Waals surface area contributed by atoms with E-state index in [1.807, 2.05) is 11.8 Å². The largest absolute Gasteiger partial charge is 0.465 e. The summed E-state index contributed by atoms with van der Waals surface area (Å²) in [4.78, 5) is 34.5. The Morgan fingerprint density at radius 1 is 1.12 bits per heavy atom. The van der Waals surface area contributed by atoms with Crippen LogP contribution >= 0.6 is 0 Å². The minimum Gasteiger partial charge on any atom is -0.465 e. The molecule has 7 heteroatoms. The predicted molar refractivity (Wildman–Crippen MR) is 93.0 cm³/mol. The summed E-state index contributed by atoms with van der Waals surface area (Å²) in [6.07, 6.45) is 2.07. The van der Waals surface area contributed by atoms with Gasteiger partial charge in [-0.2, -0.15) is 0 Å². The van der Waals surface area contributed by atoms with E-state index >= 15 is 0 Å². The molecule has 130 valence electrons. The zero-order chi connectivity index (χ0) is 17.8. The van der Waals surface area contributed by atoms with Gasteiger partial charge < -0.3 is 15.0 Å². The first-order valence-corrected chi connectivity index (χ1v) is 8.17. The summed E-state index contributed by atoms with van der Waals surface area (Å²) in [6.45, 7) is 3.38. The van der Waals surface area contributed by atoms with Gasteiger partial charge in [-0.05, 0) is 50.1 Å². The lowest BCUT2D eigenvalue weighted by Crippen LogP contribution is -2.28. The summed E-state index contributed by atoms with van der Waals surface area (Å²) in [7, 11) is 1.34. The number of benzene rings is 1. The molecular formula is C18H20N4O3. The lowest BCUT2D eigenvalue weighted by molar-refractivity contribution is 0.0600. The Morgan fingerprint density at radius 2 is 1.80 bits per heavy atom. The van der Waals surface area contributed by atoms with Crippen LogP contribution in [0.5, 0.6) is 0 Å². The summed E-state index contributed by atoms with van der Waals surface area (Å²) >= 11 is 0. The van der Waals surface area contributed by atoms with Crippen molar-refractivity contribution in [2.24, 2.45) is 0 Å². The van der Waals surface area contributed by atoms with Crippen LogP contribution in [-0.2, 0) is 4.74 Å². The number of amides is 1. The van der Waals surface area contributed by atoms with Gasteiger partial charge in [-0.25, -0.2) is 14.8 Å². The van der Waals surface area contributed by atoms with E-state index < -0.39 is 5.97 Å². The van der Waals surface area contributed by atoms with E-state index in [9.17, 15) is 9.59 Å². The second-order valence-electron chi connectivity index (χ2n) is 5.91. The highest BCUT2D eigenvalue weighted by Crippen LogP contribution is 2.17. The average molecular weight is 340 g/mol. The number of ether oxygens (including phenoxy) is 1. The fraction of sp³-hybridized carbons (Fsp3) is 0.333. The molecule has 25 heavy (non-hydrogen) atoms. The first kappa shape index (κ1) is 16.9. The molecule has 1 aliphatic heterocycles. The van der Waals surface area contributed by atoms with Crippen LogP contribution < -0.4 is 5.32 Å². The SMILES string of the molecule is COC(=O)c1ccc(Nc2nc(C)cc(C(=O)N3CCCC3)n2)cc1. The number of likely N-dealkylation sites (tertiary alicyclic amines) is 1. The lowest BCUT2D eigenvalue weighted by atomic mass is 10.2. The number of carbonyl (C=O) groups excluding carboxylic acids is 2. The number of methoxy groups -OCH3 is 1. The number of aromatic nitrogens is 2. The molecule has 1 aliphatic rings. The van der Waals surface area contributed by atoms with Gasteiger partial charge >= 0.3 is 5.97 Å². The Hall–Kier alpha value is -2.96. The van der Waals surface area contributed by atoms with Gasteiger partial charge in [0, 0.05) is 24.5 Å². The first-order chi connectivity index (χ1) is 12.1. The maximum Gasteiger partial charge on any atom is 0.337 e. The first-order valence-electron chi connectivity index (χ1n) is 8.17. The number of esters is 1. The molecular weight excluding hydrogens is 320 g/mol. The predicted octanol–water partition coefficient (Wildman–Crippen LogP) is 2.55. The molecule has 0 saturated carbocycles. The van der Waals surface area contributed by atoms with Gasteiger partial charge in [-0.1, -0.05) is 0 Å². The van der Waals surface area contributed by atoms with E-state index in [0.717, 1.165) is 31.6 Å².